The van der Waals surface area contributed by atoms with Crippen LogP contribution in [0.1, 0.15) is 29.2 Å². The van der Waals surface area contributed by atoms with E-state index >= 15 is 0 Å². The molecule has 20 heavy (non-hydrogen) atoms. The Labute approximate surface area is 121 Å². The highest BCUT2D eigenvalue weighted by Gasteiger charge is 2.17. The van der Waals surface area contributed by atoms with Crippen LogP contribution in [0.2, 0.25) is 0 Å². The van der Waals surface area contributed by atoms with Gasteiger partial charge in [-0.2, -0.15) is 0 Å². The first-order valence-corrected chi connectivity index (χ1v) is 7.27. The normalized spacial score (nSPS) is 18.1. The summed E-state index contributed by atoms with van der Waals surface area (Å²) in [5.74, 6) is 0. The summed E-state index contributed by atoms with van der Waals surface area (Å²) >= 11 is 0. The second-order valence-electron chi connectivity index (χ2n) is 5.63. The van der Waals surface area contributed by atoms with E-state index < -0.39 is 6.10 Å². The van der Waals surface area contributed by atoms with Gasteiger partial charge in [0.2, 0.25) is 6.41 Å². The Morgan fingerprint density at radius 3 is 2.50 bits per heavy atom. The van der Waals surface area contributed by atoms with E-state index in [9.17, 15) is 9.90 Å². The van der Waals surface area contributed by atoms with E-state index in [1.807, 2.05) is 6.07 Å². The number of amides is 1. The first-order chi connectivity index (χ1) is 9.60. The summed E-state index contributed by atoms with van der Waals surface area (Å²) in [5, 5.41) is 10.3. The van der Waals surface area contributed by atoms with Gasteiger partial charge in [0.25, 0.3) is 0 Å². The number of nitrogens with zero attached hydrogens (tertiary/aromatic N) is 2. The highest BCUT2D eigenvalue weighted by molar-refractivity contribution is 5.47. The minimum Gasteiger partial charge on any atom is -0.388 e. The molecule has 1 unspecified atom stereocenters. The molecule has 1 atom stereocenters. The van der Waals surface area contributed by atoms with Crippen molar-refractivity contribution in [2.45, 2.75) is 26.4 Å². The molecule has 1 N–H and O–H groups in total. The molecule has 4 heteroatoms. The predicted octanol–water partition coefficient (Wildman–Crippen LogP) is 1.50. The van der Waals surface area contributed by atoms with E-state index in [4.69, 9.17) is 0 Å². The van der Waals surface area contributed by atoms with Crippen molar-refractivity contribution in [3.8, 4) is 0 Å². The fraction of sp³-hybridized carbons (Fsp3) is 0.562. The minimum absolute atomic E-state index is 0.404. The first-order valence-electron chi connectivity index (χ1n) is 7.27. The summed E-state index contributed by atoms with van der Waals surface area (Å²) in [6.07, 6.45) is 1.25. The van der Waals surface area contributed by atoms with Gasteiger partial charge in [-0.1, -0.05) is 18.2 Å². The standard InChI is InChI=1S/C16H24N2O2/c1-13-3-4-15(11-14(13)2)16(20)5-6-17-7-9-18(12-19)10-8-17/h3-4,11-12,16,20H,5-10H2,1-2H3. The van der Waals surface area contributed by atoms with Gasteiger partial charge in [-0.3, -0.25) is 9.69 Å². The average Bonchev–Trinajstić information content (AvgIpc) is 2.48. The lowest BCUT2D eigenvalue weighted by Crippen LogP contribution is -2.46. The summed E-state index contributed by atoms with van der Waals surface area (Å²) in [7, 11) is 0. The zero-order valence-electron chi connectivity index (χ0n) is 12.4. The number of carbonyl (C=O) groups is 1. The lowest BCUT2D eigenvalue weighted by Gasteiger charge is -2.32. The first kappa shape index (κ1) is 15.0. The Kier molecular flexibility index (Phi) is 5.15. The number of benzene rings is 1. The van der Waals surface area contributed by atoms with Crippen LogP contribution in [0.15, 0.2) is 18.2 Å². The molecule has 110 valence electrons. The monoisotopic (exact) mass is 276 g/mol. The summed E-state index contributed by atoms with van der Waals surface area (Å²) in [4.78, 5) is 14.8. The van der Waals surface area contributed by atoms with E-state index in [-0.39, 0.29) is 0 Å². The van der Waals surface area contributed by atoms with Crippen molar-refractivity contribution in [2.75, 3.05) is 32.7 Å². The molecule has 1 aromatic rings. The fourth-order valence-electron chi connectivity index (χ4n) is 2.54. The molecule has 1 aromatic carbocycles. The lowest BCUT2D eigenvalue weighted by molar-refractivity contribution is -0.119. The maximum Gasteiger partial charge on any atom is 0.209 e. The SMILES string of the molecule is Cc1ccc(C(O)CCN2CCN(C=O)CC2)cc1C. The zero-order chi connectivity index (χ0) is 14.5. The zero-order valence-corrected chi connectivity index (χ0v) is 12.4. The lowest BCUT2D eigenvalue weighted by atomic mass is 10.0. The molecule has 0 aliphatic carbocycles. The predicted molar refractivity (Wildman–Crippen MR) is 79.6 cm³/mol. The maximum atomic E-state index is 10.6. The number of hydrogen-bond acceptors (Lipinski definition) is 3. The molecule has 4 nitrogen and oxygen atoms in total. The van der Waals surface area contributed by atoms with Gasteiger partial charge in [0.1, 0.15) is 0 Å². The van der Waals surface area contributed by atoms with E-state index in [0.717, 1.165) is 51.1 Å². The fourth-order valence-corrected chi connectivity index (χ4v) is 2.54. The number of piperazine rings is 1. The molecular weight excluding hydrogens is 252 g/mol. The second-order valence-corrected chi connectivity index (χ2v) is 5.63. The minimum atomic E-state index is -0.404. The highest BCUT2D eigenvalue weighted by atomic mass is 16.3. The summed E-state index contributed by atoms with van der Waals surface area (Å²) in [6, 6.07) is 6.15. The van der Waals surface area contributed by atoms with Gasteiger partial charge in [0, 0.05) is 32.7 Å². The molecule has 1 amide bonds. The van der Waals surface area contributed by atoms with Crippen LogP contribution in [0.4, 0.5) is 0 Å². The quantitative estimate of drug-likeness (QED) is 0.829. The van der Waals surface area contributed by atoms with Crippen molar-refractivity contribution >= 4 is 6.41 Å². The van der Waals surface area contributed by atoms with E-state index in [1.165, 1.54) is 11.1 Å². The van der Waals surface area contributed by atoms with Crippen LogP contribution in [-0.4, -0.2) is 54.0 Å². The van der Waals surface area contributed by atoms with Crippen LogP contribution in [0.3, 0.4) is 0 Å². The Morgan fingerprint density at radius 1 is 1.20 bits per heavy atom. The third-order valence-corrected chi connectivity index (χ3v) is 4.19. The summed E-state index contributed by atoms with van der Waals surface area (Å²) in [6.45, 7) is 8.42. The largest absolute Gasteiger partial charge is 0.388 e. The van der Waals surface area contributed by atoms with Crippen molar-refractivity contribution in [1.29, 1.82) is 0 Å². The highest BCUT2D eigenvalue weighted by Crippen LogP contribution is 2.20. The van der Waals surface area contributed by atoms with Crippen LogP contribution < -0.4 is 0 Å². The molecule has 0 bridgehead atoms. The van der Waals surface area contributed by atoms with Crippen LogP contribution in [0, 0.1) is 13.8 Å². The smallest absolute Gasteiger partial charge is 0.209 e. The van der Waals surface area contributed by atoms with Gasteiger partial charge < -0.3 is 10.0 Å². The van der Waals surface area contributed by atoms with Crippen LogP contribution in [-0.2, 0) is 4.79 Å². The Bertz CT molecular complexity index is 454. The third kappa shape index (κ3) is 3.81. The number of hydrogen-bond donors (Lipinski definition) is 1. The van der Waals surface area contributed by atoms with Crippen LogP contribution >= 0.6 is 0 Å². The molecular formula is C16H24N2O2. The number of aryl methyl sites for hydroxylation is 2. The third-order valence-electron chi connectivity index (χ3n) is 4.19. The second kappa shape index (κ2) is 6.86. The van der Waals surface area contributed by atoms with Crippen LogP contribution in [0.5, 0.6) is 0 Å². The summed E-state index contributed by atoms with van der Waals surface area (Å²) in [5.41, 5.74) is 3.48. The Balaban J connectivity index is 1.81. The molecule has 0 aromatic heterocycles. The molecule has 2 rings (SSSR count). The van der Waals surface area contributed by atoms with Crippen LogP contribution in [0.25, 0.3) is 0 Å². The number of carbonyl (C=O) groups excluding carboxylic acids is 1. The Morgan fingerprint density at radius 2 is 1.90 bits per heavy atom. The van der Waals surface area contributed by atoms with Crippen molar-refractivity contribution in [2.24, 2.45) is 0 Å². The molecule has 1 heterocycles. The molecule has 1 fully saturated rings. The molecule has 1 saturated heterocycles. The van der Waals surface area contributed by atoms with Crippen molar-refractivity contribution in [1.82, 2.24) is 9.80 Å². The van der Waals surface area contributed by atoms with Gasteiger partial charge in [-0.25, -0.2) is 0 Å². The van der Waals surface area contributed by atoms with E-state index in [1.54, 1.807) is 4.90 Å². The van der Waals surface area contributed by atoms with Crippen molar-refractivity contribution in [3.63, 3.8) is 0 Å². The number of aliphatic hydroxyl groups excluding tert-OH is 1. The molecule has 1 aliphatic rings. The number of rotatable bonds is 5. The average molecular weight is 276 g/mol. The molecule has 1 aliphatic heterocycles. The van der Waals surface area contributed by atoms with Gasteiger partial charge in [0.15, 0.2) is 0 Å². The van der Waals surface area contributed by atoms with Gasteiger partial charge in [-0.15, -0.1) is 0 Å². The topological polar surface area (TPSA) is 43.8 Å². The van der Waals surface area contributed by atoms with Crippen molar-refractivity contribution in [3.05, 3.63) is 34.9 Å². The molecule has 0 saturated carbocycles. The van der Waals surface area contributed by atoms with Gasteiger partial charge in [0.05, 0.1) is 6.10 Å². The van der Waals surface area contributed by atoms with Crippen molar-refractivity contribution < 1.29 is 9.90 Å². The van der Waals surface area contributed by atoms with Gasteiger partial charge in [-0.05, 0) is 37.0 Å². The summed E-state index contributed by atoms with van der Waals surface area (Å²) < 4.78 is 0. The number of aliphatic hydroxyl groups is 1. The molecule has 0 radical (unpaired) electrons. The van der Waals surface area contributed by atoms with E-state index in [2.05, 4.69) is 30.9 Å². The van der Waals surface area contributed by atoms with E-state index in [0.29, 0.717) is 0 Å². The maximum absolute atomic E-state index is 10.6. The molecule has 0 spiro atoms. The van der Waals surface area contributed by atoms with Gasteiger partial charge >= 0.3 is 0 Å². The Hall–Kier alpha value is -1.39.